The van der Waals surface area contributed by atoms with Crippen molar-refractivity contribution in [3.63, 3.8) is 0 Å². The fraction of sp³-hybridized carbons (Fsp3) is 0.536. The largest absolute Gasteiger partial charge is 0.497 e. The first-order valence-electron chi connectivity index (χ1n) is 12.1. The Kier molecular flexibility index (Phi) is 5.75. The Morgan fingerprint density at radius 3 is 2.24 bits per heavy atom. The quantitative estimate of drug-likeness (QED) is 0.622. The Morgan fingerprint density at radius 1 is 0.909 bits per heavy atom. The van der Waals surface area contributed by atoms with E-state index in [0.29, 0.717) is 18.4 Å². The maximum atomic E-state index is 13.6. The van der Waals surface area contributed by atoms with E-state index in [4.69, 9.17) is 14.2 Å². The third kappa shape index (κ3) is 3.96. The first-order valence-corrected chi connectivity index (χ1v) is 12.1. The number of carbonyl (C=O) groups excluding carboxylic acids is 1. The molecule has 5 nitrogen and oxygen atoms in total. The maximum Gasteiger partial charge on any atom is 0.226 e. The molecule has 6 rings (SSSR count). The summed E-state index contributed by atoms with van der Waals surface area (Å²) in [5.41, 5.74) is 2.44. The zero-order chi connectivity index (χ0) is 23.1. The van der Waals surface area contributed by atoms with Crippen molar-refractivity contribution < 1.29 is 19.0 Å². The van der Waals surface area contributed by atoms with Crippen LogP contribution in [-0.2, 0) is 16.6 Å². The van der Waals surface area contributed by atoms with Crippen molar-refractivity contribution in [3.8, 4) is 17.2 Å². The highest BCUT2D eigenvalue weighted by molar-refractivity contribution is 5.83. The number of hydrogen-bond donors (Lipinski definition) is 1. The van der Waals surface area contributed by atoms with E-state index < -0.39 is 0 Å². The lowest BCUT2D eigenvalue weighted by Gasteiger charge is -2.61. The maximum absolute atomic E-state index is 13.6. The lowest BCUT2D eigenvalue weighted by Crippen LogP contribution is -2.59. The molecule has 1 amide bonds. The fourth-order valence-corrected chi connectivity index (χ4v) is 7.35. The number of hydrogen-bond acceptors (Lipinski definition) is 4. The van der Waals surface area contributed by atoms with E-state index in [1.54, 1.807) is 21.3 Å². The monoisotopic (exact) mass is 449 g/mol. The van der Waals surface area contributed by atoms with Crippen molar-refractivity contribution >= 4 is 5.91 Å². The third-order valence-electron chi connectivity index (χ3n) is 8.39. The molecule has 33 heavy (non-hydrogen) atoms. The fourth-order valence-electron chi connectivity index (χ4n) is 7.35. The molecule has 2 aromatic carbocycles. The van der Waals surface area contributed by atoms with Crippen LogP contribution >= 0.6 is 0 Å². The van der Waals surface area contributed by atoms with E-state index in [1.807, 2.05) is 18.2 Å². The van der Waals surface area contributed by atoms with Crippen LogP contribution in [0.25, 0.3) is 0 Å². The van der Waals surface area contributed by atoms with Crippen molar-refractivity contribution in [1.29, 1.82) is 0 Å². The van der Waals surface area contributed by atoms with Crippen LogP contribution in [0.1, 0.15) is 49.7 Å². The molecule has 2 aromatic rings. The van der Waals surface area contributed by atoms with Crippen molar-refractivity contribution in [2.24, 2.45) is 17.3 Å². The third-order valence-corrected chi connectivity index (χ3v) is 8.39. The van der Waals surface area contributed by atoms with Gasteiger partial charge in [0.1, 0.15) is 5.75 Å². The van der Waals surface area contributed by atoms with Gasteiger partial charge in [0.15, 0.2) is 11.5 Å². The first kappa shape index (κ1) is 22.1. The summed E-state index contributed by atoms with van der Waals surface area (Å²) in [6.07, 6.45) is 7.57. The van der Waals surface area contributed by atoms with Gasteiger partial charge in [-0.15, -0.1) is 0 Å². The van der Waals surface area contributed by atoms with Gasteiger partial charge in [0, 0.05) is 6.54 Å². The minimum Gasteiger partial charge on any atom is -0.497 e. The highest BCUT2D eigenvalue weighted by Gasteiger charge is 2.60. The lowest BCUT2D eigenvalue weighted by atomic mass is 9.42. The normalized spacial score (nSPS) is 29.5. The Labute approximate surface area is 196 Å². The summed E-state index contributed by atoms with van der Waals surface area (Å²) in [6, 6.07) is 14.6. The van der Waals surface area contributed by atoms with E-state index in [1.165, 1.54) is 24.8 Å². The summed E-state index contributed by atoms with van der Waals surface area (Å²) in [5.74, 6) is 3.92. The van der Waals surface area contributed by atoms with E-state index in [0.717, 1.165) is 48.5 Å². The summed E-state index contributed by atoms with van der Waals surface area (Å²) in [6.45, 7) is 0.640. The molecule has 4 aliphatic carbocycles. The molecule has 0 saturated heterocycles. The van der Waals surface area contributed by atoms with E-state index in [2.05, 4.69) is 29.6 Å². The van der Waals surface area contributed by atoms with Gasteiger partial charge in [0.25, 0.3) is 0 Å². The average molecular weight is 450 g/mol. The molecule has 2 unspecified atom stereocenters. The van der Waals surface area contributed by atoms with Crippen LogP contribution < -0.4 is 19.5 Å². The summed E-state index contributed by atoms with van der Waals surface area (Å²) >= 11 is 0. The molecular weight excluding hydrogens is 414 g/mol. The Balaban J connectivity index is 1.29. The summed E-state index contributed by atoms with van der Waals surface area (Å²) in [5, 5.41) is 3.31. The second-order valence-electron chi connectivity index (χ2n) is 10.4. The highest BCUT2D eigenvalue weighted by Crippen LogP contribution is 2.65. The molecule has 4 aliphatic rings. The molecule has 4 fully saturated rings. The number of ether oxygens (including phenoxy) is 3. The van der Waals surface area contributed by atoms with Gasteiger partial charge < -0.3 is 19.5 Å². The van der Waals surface area contributed by atoms with Gasteiger partial charge in [0.05, 0.1) is 26.7 Å². The van der Waals surface area contributed by atoms with Crippen LogP contribution in [0.2, 0.25) is 0 Å². The van der Waals surface area contributed by atoms with Gasteiger partial charge in [-0.3, -0.25) is 4.79 Å². The predicted octanol–water partition coefficient (Wildman–Crippen LogP) is 4.91. The van der Waals surface area contributed by atoms with Crippen LogP contribution in [0, 0.1) is 17.3 Å². The number of amides is 1. The Bertz CT molecular complexity index is 1000. The SMILES string of the molecule is COc1ccc(C23CC4CC(CC(C(=O)NCCc5ccc(OC)c(OC)c5)(C4)C2)C3)cc1. The summed E-state index contributed by atoms with van der Waals surface area (Å²) in [4.78, 5) is 13.6. The zero-order valence-corrected chi connectivity index (χ0v) is 20.0. The van der Waals surface area contributed by atoms with Crippen LogP contribution in [0.15, 0.2) is 42.5 Å². The van der Waals surface area contributed by atoms with Gasteiger partial charge in [-0.05, 0) is 97.6 Å². The van der Waals surface area contributed by atoms with Crippen LogP contribution in [0.4, 0.5) is 0 Å². The molecule has 0 heterocycles. The average Bonchev–Trinajstić information content (AvgIpc) is 2.83. The van der Waals surface area contributed by atoms with Crippen LogP contribution in [0.3, 0.4) is 0 Å². The molecule has 4 bridgehead atoms. The van der Waals surface area contributed by atoms with Gasteiger partial charge in [-0.2, -0.15) is 0 Å². The Morgan fingerprint density at radius 2 is 1.61 bits per heavy atom. The lowest BCUT2D eigenvalue weighted by molar-refractivity contribution is -0.149. The van der Waals surface area contributed by atoms with E-state index in [-0.39, 0.29) is 16.7 Å². The van der Waals surface area contributed by atoms with Crippen molar-refractivity contribution in [1.82, 2.24) is 5.32 Å². The molecule has 0 radical (unpaired) electrons. The second kappa shape index (κ2) is 8.58. The molecule has 4 saturated carbocycles. The topological polar surface area (TPSA) is 56.8 Å². The summed E-state index contributed by atoms with van der Waals surface area (Å²) < 4.78 is 16.1. The minimum absolute atomic E-state index is 0.136. The molecular formula is C28H35NO4. The second-order valence-corrected chi connectivity index (χ2v) is 10.4. The van der Waals surface area contributed by atoms with E-state index >= 15 is 0 Å². The van der Waals surface area contributed by atoms with Crippen molar-refractivity contribution in [2.75, 3.05) is 27.9 Å². The Hall–Kier alpha value is -2.69. The summed E-state index contributed by atoms with van der Waals surface area (Å²) in [7, 11) is 5.00. The number of carbonyl (C=O) groups is 1. The number of methoxy groups -OCH3 is 3. The predicted molar refractivity (Wildman–Crippen MR) is 128 cm³/mol. The van der Waals surface area contributed by atoms with Crippen molar-refractivity contribution in [2.45, 2.75) is 50.4 Å². The first-order chi connectivity index (χ1) is 16.0. The number of nitrogens with one attached hydrogen (secondary N) is 1. The number of rotatable bonds is 8. The van der Waals surface area contributed by atoms with Gasteiger partial charge >= 0.3 is 0 Å². The van der Waals surface area contributed by atoms with Gasteiger partial charge in [-0.25, -0.2) is 0 Å². The molecule has 176 valence electrons. The zero-order valence-electron chi connectivity index (χ0n) is 20.0. The highest BCUT2D eigenvalue weighted by atomic mass is 16.5. The molecule has 0 aliphatic heterocycles. The standard InChI is InChI=1S/C28H35NO4/c1-31-23-7-5-22(6-8-23)27-14-20-12-21(15-27)17-28(16-20,18-27)26(30)29-11-10-19-4-9-24(32-2)25(13-19)33-3/h4-9,13,20-21H,10-12,14-18H2,1-3H3,(H,29,30). The minimum atomic E-state index is -0.221. The van der Waals surface area contributed by atoms with Crippen molar-refractivity contribution in [3.05, 3.63) is 53.6 Å². The van der Waals surface area contributed by atoms with Crippen LogP contribution in [0.5, 0.6) is 17.2 Å². The van der Waals surface area contributed by atoms with Gasteiger partial charge in [-0.1, -0.05) is 18.2 Å². The molecule has 0 aromatic heterocycles. The van der Waals surface area contributed by atoms with E-state index in [9.17, 15) is 4.79 Å². The molecule has 0 spiro atoms. The molecule has 1 N–H and O–H groups in total. The van der Waals surface area contributed by atoms with Gasteiger partial charge in [0.2, 0.25) is 5.91 Å². The molecule has 2 atom stereocenters. The smallest absolute Gasteiger partial charge is 0.226 e. The number of benzene rings is 2. The van der Waals surface area contributed by atoms with Crippen LogP contribution in [-0.4, -0.2) is 33.8 Å². The molecule has 5 heteroatoms.